The van der Waals surface area contributed by atoms with Crippen molar-refractivity contribution in [1.29, 1.82) is 0 Å². The number of pyridine rings is 1. The number of rotatable bonds is 4. The van der Waals surface area contributed by atoms with Crippen molar-refractivity contribution >= 4 is 23.3 Å². The molecule has 138 valence electrons. The fourth-order valence-electron chi connectivity index (χ4n) is 3.19. The van der Waals surface area contributed by atoms with Crippen molar-refractivity contribution in [3.63, 3.8) is 0 Å². The number of likely N-dealkylation sites (N-methyl/N-ethyl adjacent to an activating group) is 1. The molecule has 1 fully saturated rings. The first-order valence-electron chi connectivity index (χ1n) is 8.56. The van der Waals surface area contributed by atoms with Crippen LogP contribution in [0.15, 0.2) is 42.6 Å². The zero-order valence-electron chi connectivity index (χ0n) is 14.9. The summed E-state index contributed by atoms with van der Waals surface area (Å²) in [6, 6.07) is 10.7. The molecule has 6 nitrogen and oxygen atoms in total. The van der Waals surface area contributed by atoms with Crippen molar-refractivity contribution in [2.45, 2.75) is 18.4 Å². The second-order valence-corrected chi connectivity index (χ2v) is 6.93. The lowest BCUT2D eigenvalue weighted by molar-refractivity contribution is 0.200. The molecule has 0 saturated carbocycles. The van der Waals surface area contributed by atoms with Gasteiger partial charge in [-0.2, -0.15) is 0 Å². The molecule has 0 radical (unpaired) electrons. The molecular formula is C19H23ClN4O2. The number of hydrogen-bond acceptors (Lipinski definition) is 4. The van der Waals surface area contributed by atoms with E-state index in [2.05, 4.69) is 27.6 Å². The Balaban J connectivity index is 1.68. The minimum atomic E-state index is -0.222. The third-order valence-corrected chi connectivity index (χ3v) is 4.86. The summed E-state index contributed by atoms with van der Waals surface area (Å²) in [6.07, 6.45) is 2.58. The number of aromatic nitrogens is 1. The molecule has 3 rings (SSSR count). The lowest BCUT2D eigenvalue weighted by atomic mass is 9.89. The molecule has 0 spiro atoms. The summed E-state index contributed by atoms with van der Waals surface area (Å²) >= 11 is 5.88. The van der Waals surface area contributed by atoms with Gasteiger partial charge in [0.15, 0.2) is 0 Å². The number of carbonyl (C=O) groups excluding carboxylic acids is 1. The summed E-state index contributed by atoms with van der Waals surface area (Å²) in [4.78, 5) is 19.2. The molecule has 2 amide bonds. The van der Waals surface area contributed by atoms with E-state index in [1.165, 1.54) is 0 Å². The first kappa shape index (κ1) is 18.5. The number of carbonyl (C=O) groups is 1. The highest BCUT2D eigenvalue weighted by atomic mass is 35.5. The fourth-order valence-corrected chi connectivity index (χ4v) is 3.31. The van der Waals surface area contributed by atoms with Gasteiger partial charge < -0.3 is 20.3 Å². The largest absolute Gasteiger partial charge is 0.495 e. The number of ether oxygens (including phenoxy) is 1. The standard InChI is InChI=1S/C19H23ClN4O2/c1-24-10-9-18(16(12-24)17-8-7-15(26-2)11-21-17)23-19(25)22-14-5-3-13(20)4-6-14/h3-8,11,16,18H,9-10,12H2,1-2H3,(H2,22,23,25)/t16-,18+/m0/s1. The number of urea groups is 1. The van der Waals surface area contributed by atoms with Crippen LogP contribution in [0.1, 0.15) is 18.0 Å². The molecule has 0 aliphatic carbocycles. The Labute approximate surface area is 158 Å². The van der Waals surface area contributed by atoms with Crippen LogP contribution < -0.4 is 15.4 Å². The highest BCUT2D eigenvalue weighted by Gasteiger charge is 2.31. The van der Waals surface area contributed by atoms with Crippen molar-refractivity contribution in [2.24, 2.45) is 0 Å². The van der Waals surface area contributed by atoms with E-state index in [-0.39, 0.29) is 18.0 Å². The highest BCUT2D eigenvalue weighted by Crippen LogP contribution is 2.26. The van der Waals surface area contributed by atoms with Crippen molar-refractivity contribution in [2.75, 3.05) is 32.6 Å². The van der Waals surface area contributed by atoms with Crippen LogP contribution in [0.3, 0.4) is 0 Å². The molecule has 0 unspecified atom stereocenters. The normalized spacial score (nSPS) is 20.4. The van der Waals surface area contributed by atoms with Gasteiger partial charge >= 0.3 is 6.03 Å². The minimum absolute atomic E-state index is 0.0133. The maximum absolute atomic E-state index is 12.4. The number of anilines is 1. The predicted octanol–water partition coefficient (Wildman–Crippen LogP) is 3.35. The van der Waals surface area contributed by atoms with E-state index in [1.54, 1.807) is 37.6 Å². The molecule has 1 aromatic carbocycles. The number of likely N-dealkylation sites (tertiary alicyclic amines) is 1. The van der Waals surface area contributed by atoms with Gasteiger partial charge in [0, 0.05) is 34.9 Å². The third-order valence-electron chi connectivity index (χ3n) is 4.61. The molecule has 26 heavy (non-hydrogen) atoms. The lowest BCUT2D eigenvalue weighted by Gasteiger charge is -2.36. The minimum Gasteiger partial charge on any atom is -0.495 e. The molecule has 2 aromatic rings. The Morgan fingerprint density at radius 1 is 1.27 bits per heavy atom. The van der Waals surface area contributed by atoms with Crippen LogP contribution >= 0.6 is 11.6 Å². The number of benzene rings is 1. The Kier molecular flexibility index (Phi) is 5.96. The number of amides is 2. The number of halogens is 1. The molecule has 0 bridgehead atoms. The summed E-state index contributed by atoms with van der Waals surface area (Å²) in [7, 11) is 3.71. The number of piperidine rings is 1. The van der Waals surface area contributed by atoms with Crippen molar-refractivity contribution in [1.82, 2.24) is 15.2 Å². The van der Waals surface area contributed by atoms with Gasteiger partial charge in [-0.05, 0) is 56.4 Å². The Bertz CT molecular complexity index is 736. The summed E-state index contributed by atoms with van der Waals surface area (Å²) in [5.41, 5.74) is 1.66. The topological polar surface area (TPSA) is 66.5 Å². The maximum atomic E-state index is 12.4. The van der Waals surface area contributed by atoms with Crippen LogP contribution in [0.2, 0.25) is 5.02 Å². The zero-order chi connectivity index (χ0) is 18.5. The quantitative estimate of drug-likeness (QED) is 0.861. The van der Waals surface area contributed by atoms with Gasteiger partial charge in [-0.1, -0.05) is 11.6 Å². The summed E-state index contributed by atoms with van der Waals surface area (Å²) < 4.78 is 5.18. The van der Waals surface area contributed by atoms with Crippen LogP contribution in [0.5, 0.6) is 5.75 Å². The smallest absolute Gasteiger partial charge is 0.319 e. The van der Waals surface area contributed by atoms with Gasteiger partial charge in [0.25, 0.3) is 0 Å². The van der Waals surface area contributed by atoms with Gasteiger partial charge in [0.1, 0.15) is 5.75 Å². The van der Waals surface area contributed by atoms with Gasteiger partial charge in [-0.3, -0.25) is 4.98 Å². The molecule has 7 heteroatoms. The maximum Gasteiger partial charge on any atom is 0.319 e. The number of methoxy groups -OCH3 is 1. The van der Waals surface area contributed by atoms with E-state index in [4.69, 9.17) is 16.3 Å². The molecule has 2 N–H and O–H groups in total. The molecule has 2 atom stereocenters. The average molecular weight is 375 g/mol. The van der Waals surface area contributed by atoms with Crippen molar-refractivity contribution in [3.8, 4) is 5.75 Å². The zero-order valence-corrected chi connectivity index (χ0v) is 15.7. The van der Waals surface area contributed by atoms with E-state index in [9.17, 15) is 4.79 Å². The Morgan fingerprint density at radius 3 is 2.69 bits per heavy atom. The first-order chi connectivity index (χ1) is 12.5. The van der Waals surface area contributed by atoms with Crippen molar-refractivity contribution in [3.05, 3.63) is 53.3 Å². The monoisotopic (exact) mass is 374 g/mol. The van der Waals surface area contributed by atoms with E-state index in [1.807, 2.05) is 12.1 Å². The number of hydrogen-bond donors (Lipinski definition) is 2. The second kappa shape index (κ2) is 8.38. The number of nitrogens with zero attached hydrogens (tertiary/aromatic N) is 2. The summed E-state index contributed by atoms with van der Waals surface area (Å²) in [6.45, 7) is 1.77. The van der Waals surface area contributed by atoms with Crippen LogP contribution in [-0.4, -0.2) is 49.2 Å². The predicted molar refractivity (Wildman–Crippen MR) is 103 cm³/mol. The van der Waals surface area contributed by atoms with Crippen molar-refractivity contribution < 1.29 is 9.53 Å². The number of nitrogens with one attached hydrogen (secondary N) is 2. The summed E-state index contributed by atoms with van der Waals surface area (Å²) in [5, 5.41) is 6.59. The van der Waals surface area contributed by atoms with E-state index < -0.39 is 0 Å². The van der Waals surface area contributed by atoms with Crippen LogP contribution in [-0.2, 0) is 0 Å². The molecular weight excluding hydrogens is 352 g/mol. The molecule has 1 saturated heterocycles. The van der Waals surface area contributed by atoms with Gasteiger partial charge in [-0.15, -0.1) is 0 Å². The van der Waals surface area contributed by atoms with Crippen LogP contribution in [0.25, 0.3) is 0 Å². The van der Waals surface area contributed by atoms with E-state index >= 15 is 0 Å². The first-order valence-corrected chi connectivity index (χ1v) is 8.94. The summed E-state index contributed by atoms with van der Waals surface area (Å²) in [5.74, 6) is 0.846. The van der Waals surface area contributed by atoms with Gasteiger partial charge in [0.05, 0.1) is 13.3 Å². The Hall–Kier alpha value is -2.31. The molecule has 1 aromatic heterocycles. The average Bonchev–Trinajstić information content (AvgIpc) is 2.65. The highest BCUT2D eigenvalue weighted by molar-refractivity contribution is 6.30. The molecule has 1 aliphatic heterocycles. The lowest BCUT2D eigenvalue weighted by Crippen LogP contribution is -2.50. The van der Waals surface area contributed by atoms with E-state index in [0.29, 0.717) is 10.7 Å². The van der Waals surface area contributed by atoms with E-state index in [0.717, 1.165) is 31.0 Å². The molecule has 1 aliphatic rings. The third kappa shape index (κ3) is 4.65. The SMILES string of the molecule is COc1ccc([C@@H]2CN(C)CC[C@H]2NC(=O)Nc2ccc(Cl)cc2)nc1. The fraction of sp³-hybridized carbons (Fsp3) is 0.368. The van der Waals surface area contributed by atoms with Gasteiger partial charge in [-0.25, -0.2) is 4.79 Å². The Morgan fingerprint density at radius 2 is 2.04 bits per heavy atom. The van der Waals surface area contributed by atoms with Gasteiger partial charge in [0.2, 0.25) is 0 Å². The molecule has 2 heterocycles. The second-order valence-electron chi connectivity index (χ2n) is 6.49. The van der Waals surface area contributed by atoms with Crippen LogP contribution in [0.4, 0.5) is 10.5 Å². The van der Waals surface area contributed by atoms with Crippen LogP contribution in [0, 0.1) is 0 Å².